The monoisotopic (exact) mass is 344 g/mol. The van der Waals surface area contributed by atoms with Crippen molar-refractivity contribution in [3.05, 3.63) is 35.4 Å². The van der Waals surface area contributed by atoms with Gasteiger partial charge in [-0.05, 0) is 55.1 Å². The van der Waals surface area contributed by atoms with E-state index in [0.29, 0.717) is 42.4 Å². The van der Waals surface area contributed by atoms with Crippen molar-refractivity contribution in [3.8, 4) is 0 Å². The summed E-state index contributed by atoms with van der Waals surface area (Å²) in [6.45, 7) is 4.21. The van der Waals surface area contributed by atoms with Gasteiger partial charge in [0.25, 0.3) is 0 Å². The minimum Gasteiger partial charge on any atom is -0.492 e. The third-order valence-corrected chi connectivity index (χ3v) is 7.60. The number of Topliss-reactive ketones (excluding diaryl/α,β-unsaturated/α-hetero) is 1. The van der Waals surface area contributed by atoms with E-state index in [1.807, 2.05) is 6.08 Å². The Morgan fingerprint density at radius 2 is 2.00 bits per heavy atom. The van der Waals surface area contributed by atoms with Crippen LogP contribution in [0.1, 0.15) is 46.0 Å². The highest BCUT2D eigenvalue weighted by molar-refractivity contribution is 6.05. The van der Waals surface area contributed by atoms with Gasteiger partial charge in [0.1, 0.15) is 5.78 Å². The molecule has 0 aliphatic heterocycles. The van der Waals surface area contributed by atoms with Gasteiger partial charge in [0, 0.05) is 22.8 Å². The SMILES string of the molecule is COC1=C2C(=CF)C[C@@H]3[C@H](CC[C@]4(C)C(=O)CC[C@@H]34)[C@@]2(C)C=CC1=O. The highest BCUT2D eigenvalue weighted by atomic mass is 19.1. The van der Waals surface area contributed by atoms with Crippen molar-refractivity contribution in [2.45, 2.75) is 46.0 Å². The molecular formula is C21H25FO3. The summed E-state index contributed by atoms with van der Waals surface area (Å²) in [6, 6.07) is 0. The summed E-state index contributed by atoms with van der Waals surface area (Å²) in [6.07, 6.45) is 8.14. The summed E-state index contributed by atoms with van der Waals surface area (Å²) in [4.78, 5) is 24.7. The van der Waals surface area contributed by atoms with Crippen LogP contribution in [-0.2, 0) is 14.3 Å². The maximum atomic E-state index is 13.9. The first-order valence-corrected chi connectivity index (χ1v) is 9.22. The fourth-order valence-corrected chi connectivity index (χ4v) is 6.32. The highest BCUT2D eigenvalue weighted by Gasteiger charge is 2.60. The van der Waals surface area contributed by atoms with Crippen LogP contribution in [0.5, 0.6) is 0 Å². The molecule has 25 heavy (non-hydrogen) atoms. The normalized spacial score (nSPS) is 44.6. The summed E-state index contributed by atoms with van der Waals surface area (Å²) in [5, 5.41) is 0. The lowest BCUT2D eigenvalue weighted by molar-refractivity contribution is -0.131. The zero-order valence-corrected chi connectivity index (χ0v) is 15.1. The van der Waals surface area contributed by atoms with Gasteiger partial charge in [-0.2, -0.15) is 0 Å². The lowest BCUT2D eigenvalue weighted by Gasteiger charge is -2.56. The number of carbonyl (C=O) groups is 2. The zero-order valence-electron chi connectivity index (χ0n) is 15.1. The van der Waals surface area contributed by atoms with Gasteiger partial charge in [-0.25, -0.2) is 4.39 Å². The fraction of sp³-hybridized carbons (Fsp3) is 0.619. The van der Waals surface area contributed by atoms with Crippen LogP contribution in [0.25, 0.3) is 0 Å². The third kappa shape index (κ3) is 2.03. The molecule has 0 aromatic rings. The molecule has 3 nitrogen and oxygen atoms in total. The number of allylic oxidation sites excluding steroid dienone is 4. The van der Waals surface area contributed by atoms with Crippen LogP contribution in [0.3, 0.4) is 0 Å². The molecule has 0 N–H and O–H groups in total. The van der Waals surface area contributed by atoms with E-state index in [1.54, 1.807) is 6.08 Å². The molecule has 0 amide bonds. The van der Waals surface area contributed by atoms with E-state index in [4.69, 9.17) is 4.74 Å². The molecule has 134 valence electrons. The van der Waals surface area contributed by atoms with E-state index in [2.05, 4.69) is 13.8 Å². The molecule has 4 aliphatic carbocycles. The van der Waals surface area contributed by atoms with Gasteiger partial charge in [0.05, 0.1) is 13.4 Å². The molecule has 0 saturated heterocycles. The summed E-state index contributed by atoms with van der Waals surface area (Å²) in [5.74, 6) is 1.36. The van der Waals surface area contributed by atoms with E-state index >= 15 is 0 Å². The summed E-state index contributed by atoms with van der Waals surface area (Å²) in [7, 11) is 1.48. The second kappa shape index (κ2) is 5.39. The Labute approximate surface area is 148 Å². The van der Waals surface area contributed by atoms with Crippen molar-refractivity contribution in [2.24, 2.45) is 28.6 Å². The van der Waals surface area contributed by atoms with E-state index in [1.165, 1.54) is 7.11 Å². The Hall–Kier alpha value is -1.71. The molecule has 4 rings (SSSR count). The predicted octanol–water partition coefficient (Wildman–Crippen LogP) is 4.30. The van der Waals surface area contributed by atoms with E-state index in [-0.39, 0.29) is 22.9 Å². The van der Waals surface area contributed by atoms with Crippen molar-refractivity contribution in [1.82, 2.24) is 0 Å². The van der Waals surface area contributed by atoms with Crippen molar-refractivity contribution in [1.29, 1.82) is 0 Å². The molecule has 0 bridgehead atoms. The van der Waals surface area contributed by atoms with E-state index in [9.17, 15) is 14.0 Å². The second-order valence-electron chi connectivity index (χ2n) is 8.52. The Bertz CT molecular complexity index is 746. The van der Waals surface area contributed by atoms with Crippen molar-refractivity contribution < 1.29 is 18.7 Å². The number of hydrogen-bond acceptors (Lipinski definition) is 3. The maximum absolute atomic E-state index is 13.9. The molecule has 3 fully saturated rings. The van der Waals surface area contributed by atoms with Crippen molar-refractivity contribution in [2.75, 3.05) is 7.11 Å². The molecule has 0 heterocycles. The third-order valence-electron chi connectivity index (χ3n) is 7.60. The van der Waals surface area contributed by atoms with Crippen molar-refractivity contribution >= 4 is 11.6 Å². The molecule has 5 atom stereocenters. The van der Waals surface area contributed by atoms with E-state index in [0.717, 1.165) is 24.8 Å². The largest absolute Gasteiger partial charge is 0.492 e. The summed E-state index contributed by atoms with van der Waals surface area (Å²) < 4.78 is 19.3. The molecule has 0 unspecified atom stereocenters. The molecule has 3 saturated carbocycles. The van der Waals surface area contributed by atoms with Crippen LogP contribution in [0, 0.1) is 28.6 Å². The van der Waals surface area contributed by atoms with Gasteiger partial charge in [-0.3, -0.25) is 9.59 Å². The molecule has 4 heteroatoms. The first kappa shape index (κ1) is 16.7. The van der Waals surface area contributed by atoms with E-state index < -0.39 is 5.41 Å². The van der Waals surface area contributed by atoms with Gasteiger partial charge >= 0.3 is 0 Å². The summed E-state index contributed by atoms with van der Waals surface area (Å²) >= 11 is 0. The Balaban J connectivity index is 1.84. The summed E-state index contributed by atoms with van der Waals surface area (Å²) in [5.41, 5.74) is 0.631. The van der Waals surface area contributed by atoms with Gasteiger partial charge in [-0.15, -0.1) is 0 Å². The van der Waals surface area contributed by atoms with Gasteiger partial charge < -0.3 is 4.74 Å². The van der Waals surface area contributed by atoms with Crippen LogP contribution >= 0.6 is 0 Å². The maximum Gasteiger partial charge on any atom is 0.220 e. The average molecular weight is 344 g/mol. The van der Waals surface area contributed by atoms with Crippen LogP contribution < -0.4 is 0 Å². The van der Waals surface area contributed by atoms with Crippen molar-refractivity contribution in [3.63, 3.8) is 0 Å². The first-order chi connectivity index (χ1) is 11.9. The average Bonchev–Trinajstić information content (AvgIpc) is 2.90. The zero-order chi connectivity index (χ0) is 18.0. The number of fused-ring (bicyclic) bond motifs is 5. The second-order valence-corrected chi connectivity index (χ2v) is 8.52. The number of hydrogen-bond donors (Lipinski definition) is 0. The lowest BCUT2D eigenvalue weighted by atomic mass is 9.47. The van der Waals surface area contributed by atoms with Crippen LogP contribution in [0.2, 0.25) is 0 Å². The standard InChI is InChI=1S/C21H25FO3/c1-20-8-6-15-13(14(20)4-5-17(20)24)10-12(11-22)18-19(25-3)16(23)7-9-21(15,18)2/h7,9,11,13-15H,4-6,8,10H2,1-3H3/t13-,14-,15-,20-,21+/m0/s1. The number of ether oxygens (including phenoxy) is 1. The molecule has 4 aliphatic rings. The van der Waals surface area contributed by atoms with Crippen LogP contribution in [0.4, 0.5) is 4.39 Å². The number of rotatable bonds is 1. The smallest absolute Gasteiger partial charge is 0.220 e. The van der Waals surface area contributed by atoms with Gasteiger partial charge in [0.15, 0.2) is 5.76 Å². The number of halogens is 1. The fourth-order valence-electron chi connectivity index (χ4n) is 6.32. The Kier molecular flexibility index (Phi) is 3.61. The first-order valence-electron chi connectivity index (χ1n) is 9.22. The van der Waals surface area contributed by atoms with Crippen LogP contribution in [-0.4, -0.2) is 18.7 Å². The molecule has 0 aromatic heterocycles. The molecule has 0 radical (unpaired) electrons. The molecule has 0 spiro atoms. The minimum absolute atomic E-state index is 0.190. The number of methoxy groups -OCH3 is 1. The lowest BCUT2D eigenvalue weighted by Crippen LogP contribution is -2.50. The number of ketones is 2. The Morgan fingerprint density at radius 3 is 2.68 bits per heavy atom. The molecular weight excluding hydrogens is 319 g/mol. The number of carbonyl (C=O) groups excluding carboxylic acids is 2. The topological polar surface area (TPSA) is 43.4 Å². The van der Waals surface area contributed by atoms with Crippen LogP contribution in [0.15, 0.2) is 35.4 Å². The Morgan fingerprint density at radius 1 is 1.24 bits per heavy atom. The predicted molar refractivity (Wildman–Crippen MR) is 92.1 cm³/mol. The highest BCUT2D eigenvalue weighted by Crippen LogP contribution is 2.65. The molecule has 0 aromatic carbocycles. The van der Waals surface area contributed by atoms with Gasteiger partial charge in [0.2, 0.25) is 5.78 Å². The minimum atomic E-state index is -0.410. The quantitative estimate of drug-likeness (QED) is 0.712. The van der Waals surface area contributed by atoms with Gasteiger partial charge in [-0.1, -0.05) is 19.9 Å².